The van der Waals surface area contributed by atoms with Crippen molar-refractivity contribution in [3.63, 3.8) is 0 Å². The molecule has 6 aromatic carbocycles. The number of rotatable bonds is 5. The Balaban J connectivity index is 1.20. The van der Waals surface area contributed by atoms with E-state index in [1.54, 1.807) is 0 Å². The second-order valence-corrected chi connectivity index (χ2v) is 10.4. The molecule has 4 nitrogen and oxygen atoms in total. The van der Waals surface area contributed by atoms with E-state index in [1.165, 1.54) is 21.8 Å². The quantitative estimate of drug-likeness (QED) is 0.219. The van der Waals surface area contributed by atoms with Crippen LogP contribution in [-0.2, 0) is 0 Å². The molecule has 0 fully saturated rings. The number of hydrogen-bond acceptors (Lipinski definition) is 2. The maximum atomic E-state index is 4.95. The van der Waals surface area contributed by atoms with Gasteiger partial charge >= 0.3 is 0 Å². The highest BCUT2D eigenvalue weighted by Gasteiger charge is 2.16. The molecule has 0 aliphatic rings. The lowest BCUT2D eigenvalue weighted by molar-refractivity contribution is 0.890. The Hall–Kier alpha value is -5.74. The van der Waals surface area contributed by atoms with Crippen LogP contribution in [0.2, 0.25) is 0 Å². The Morgan fingerprint density at radius 1 is 0.405 bits per heavy atom. The van der Waals surface area contributed by atoms with Crippen LogP contribution in [0.1, 0.15) is 0 Å². The van der Waals surface area contributed by atoms with Crippen molar-refractivity contribution in [2.75, 3.05) is 0 Å². The first-order valence-corrected chi connectivity index (χ1v) is 14.1. The Bertz CT molecular complexity index is 2120. The molecule has 0 N–H and O–H groups in total. The molecule has 8 aromatic rings. The molecule has 2 aromatic heterocycles. The van der Waals surface area contributed by atoms with Gasteiger partial charge in [-0.05, 0) is 47.5 Å². The van der Waals surface area contributed by atoms with Crippen molar-refractivity contribution in [3.05, 3.63) is 158 Å². The molecule has 0 bridgehead atoms. The molecule has 42 heavy (non-hydrogen) atoms. The highest BCUT2D eigenvalue weighted by molar-refractivity contribution is 6.09. The minimum Gasteiger partial charge on any atom is -0.309 e. The molecule has 0 aliphatic heterocycles. The van der Waals surface area contributed by atoms with Crippen molar-refractivity contribution < 1.29 is 0 Å². The Morgan fingerprint density at radius 2 is 0.976 bits per heavy atom. The monoisotopic (exact) mass is 538 g/mol. The summed E-state index contributed by atoms with van der Waals surface area (Å²) in [6.07, 6.45) is 0. The van der Waals surface area contributed by atoms with Gasteiger partial charge in [0, 0.05) is 27.6 Å². The summed E-state index contributed by atoms with van der Waals surface area (Å²) in [6, 6.07) is 54.9. The summed E-state index contributed by atoms with van der Waals surface area (Å²) in [5, 5.41) is 7.46. The highest BCUT2D eigenvalue weighted by atomic mass is 15.4. The molecule has 0 aliphatic carbocycles. The maximum absolute atomic E-state index is 4.95. The zero-order valence-corrected chi connectivity index (χ0v) is 22.8. The second kappa shape index (κ2) is 10.0. The van der Waals surface area contributed by atoms with E-state index in [-0.39, 0.29) is 0 Å². The van der Waals surface area contributed by atoms with E-state index in [0.717, 1.165) is 39.5 Å². The average Bonchev–Trinajstić information content (AvgIpc) is 3.66. The first-order chi connectivity index (χ1) is 20.8. The van der Waals surface area contributed by atoms with Crippen LogP contribution in [0.4, 0.5) is 0 Å². The summed E-state index contributed by atoms with van der Waals surface area (Å²) in [6.45, 7) is 0. The lowest BCUT2D eigenvalue weighted by Crippen LogP contribution is -1.99. The third kappa shape index (κ3) is 4.09. The summed E-state index contributed by atoms with van der Waals surface area (Å²) < 4.78 is 4.30. The van der Waals surface area contributed by atoms with Gasteiger partial charge in [-0.15, -0.1) is 5.10 Å². The van der Waals surface area contributed by atoms with Crippen LogP contribution in [0.15, 0.2) is 158 Å². The summed E-state index contributed by atoms with van der Waals surface area (Å²) in [5.41, 5.74) is 8.84. The minimum absolute atomic E-state index is 0.706. The Labute approximate surface area is 243 Å². The molecular formula is C38H26N4. The molecule has 4 heteroatoms. The van der Waals surface area contributed by atoms with Gasteiger partial charge < -0.3 is 4.57 Å². The molecule has 198 valence electrons. The van der Waals surface area contributed by atoms with Crippen molar-refractivity contribution in [1.29, 1.82) is 0 Å². The van der Waals surface area contributed by atoms with Crippen molar-refractivity contribution >= 4 is 21.8 Å². The molecule has 0 unspecified atom stereocenters. The van der Waals surface area contributed by atoms with Gasteiger partial charge in [-0.3, -0.25) is 0 Å². The van der Waals surface area contributed by atoms with E-state index in [9.17, 15) is 0 Å². The SMILES string of the molecule is c1ccc(-c2nc(-c3ccccc3)n(-c3ccc(-c4cccc(-n5c6ccccc6c6ccccc65)c4)cc3)n2)cc1. The van der Waals surface area contributed by atoms with Gasteiger partial charge in [-0.1, -0.05) is 121 Å². The third-order valence-corrected chi connectivity index (χ3v) is 7.80. The number of fused-ring (bicyclic) bond motifs is 3. The molecule has 0 spiro atoms. The van der Waals surface area contributed by atoms with Gasteiger partial charge in [-0.25, -0.2) is 9.67 Å². The average molecular weight is 539 g/mol. The van der Waals surface area contributed by atoms with Crippen molar-refractivity contribution in [3.8, 4) is 45.3 Å². The fourth-order valence-electron chi connectivity index (χ4n) is 5.80. The number of nitrogens with zero attached hydrogens (tertiary/aromatic N) is 4. The summed E-state index contributed by atoms with van der Waals surface area (Å²) in [4.78, 5) is 4.95. The van der Waals surface area contributed by atoms with Gasteiger partial charge in [-0.2, -0.15) is 0 Å². The van der Waals surface area contributed by atoms with Gasteiger partial charge in [0.25, 0.3) is 0 Å². The molecule has 0 radical (unpaired) electrons. The van der Waals surface area contributed by atoms with Crippen molar-refractivity contribution in [1.82, 2.24) is 19.3 Å². The molecule has 2 heterocycles. The predicted octanol–water partition coefficient (Wildman–Crippen LogP) is 9.37. The van der Waals surface area contributed by atoms with Crippen LogP contribution in [0.25, 0.3) is 67.1 Å². The van der Waals surface area contributed by atoms with Gasteiger partial charge in [0.2, 0.25) is 0 Å². The van der Waals surface area contributed by atoms with Crippen LogP contribution < -0.4 is 0 Å². The minimum atomic E-state index is 0.706. The summed E-state index contributed by atoms with van der Waals surface area (Å²) in [5.74, 6) is 1.52. The first-order valence-electron chi connectivity index (χ1n) is 14.1. The van der Waals surface area contributed by atoms with Crippen molar-refractivity contribution in [2.45, 2.75) is 0 Å². The largest absolute Gasteiger partial charge is 0.309 e. The zero-order chi connectivity index (χ0) is 27.9. The van der Waals surface area contributed by atoms with Gasteiger partial charge in [0.1, 0.15) is 0 Å². The summed E-state index contributed by atoms with van der Waals surface area (Å²) in [7, 11) is 0. The van der Waals surface area contributed by atoms with E-state index in [0.29, 0.717) is 5.82 Å². The molecule has 0 amide bonds. The number of hydrogen-bond donors (Lipinski definition) is 0. The topological polar surface area (TPSA) is 35.6 Å². The fourth-order valence-corrected chi connectivity index (χ4v) is 5.80. The lowest BCUT2D eigenvalue weighted by atomic mass is 10.0. The van der Waals surface area contributed by atoms with Crippen LogP contribution in [0.3, 0.4) is 0 Å². The molecule has 0 atom stereocenters. The molecule has 0 saturated carbocycles. The standard InChI is InChI=1S/C38H26N4/c1-3-12-28(13-4-1)37-39-38(29-14-5-2-6-15-29)42(40-37)31-24-22-27(23-25-31)30-16-11-17-32(26-30)41-35-20-9-7-18-33(35)34-19-8-10-21-36(34)41/h1-26H. The second-order valence-electron chi connectivity index (χ2n) is 10.4. The number of para-hydroxylation sites is 2. The van der Waals surface area contributed by atoms with E-state index in [2.05, 4.69) is 114 Å². The predicted molar refractivity (Wildman–Crippen MR) is 172 cm³/mol. The zero-order valence-electron chi connectivity index (χ0n) is 22.8. The lowest BCUT2D eigenvalue weighted by Gasteiger charge is -2.11. The van der Waals surface area contributed by atoms with Gasteiger partial charge in [0.05, 0.1) is 16.7 Å². The van der Waals surface area contributed by atoms with Crippen molar-refractivity contribution in [2.24, 2.45) is 0 Å². The van der Waals surface area contributed by atoms with E-state index < -0.39 is 0 Å². The Kier molecular flexibility index (Phi) is 5.75. The maximum Gasteiger partial charge on any atom is 0.182 e. The van der Waals surface area contributed by atoms with E-state index in [4.69, 9.17) is 10.1 Å². The smallest absolute Gasteiger partial charge is 0.182 e. The highest BCUT2D eigenvalue weighted by Crippen LogP contribution is 2.33. The van der Waals surface area contributed by atoms with Crippen LogP contribution in [-0.4, -0.2) is 19.3 Å². The number of aromatic nitrogens is 4. The van der Waals surface area contributed by atoms with Crippen LogP contribution in [0.5, 0.6) is 0 Å². The normalized spacial score (nSPS) is 11.3. The Morgan fingerprint density at radius 3 is 1.64 bits per heavy atom. The molecule has 8 rings (SSSR count). The van der Waals surface area contributed by atoms with E-state index >= 15 is 0 Å². The van der Waals surface area contributed by atoms with Crippen LogP contribution in [0, 0.1) is 0 Å². The number of benzene rings is 6. The summed E-state index contributed by atoms with van der Waals surface area (Å²) >= 11 is 0. The van der Waals surface area contributed by atoms with Gasteiger partial charge in [0.15, 0.2) is 11.6 Å². The van der Waals surface area contributed by atoms with E-state index in [1.807, 2.05) is 53.2 Å². The molecular weight excluding hydrogens is 512 g/mol. The first kappa shape index (κ1) is 24.1. The fraction of sp³-hybridized carbons (Fsp3) is 0. The third-order valence-electron chi connectivity index (χ3n) is 7.80. The molecule has 0 saturated heterocycles. The van der Waals surface area contributed by atoms with Crippen LogP contribution >= 0.6 is 0 Å².